The summed E-state index contributed by atoms with van der Waals surface area (Å²) in [5.74, 6) is -0.466. The van der Waals surface area contributed by atoms with Crippen LogP contribution >= 0.6 is 0 Å². The highest BCUT2D eigenvalue weighted by atomic mass is 16.5. The van der Waals surface area contributed by atoms with Crippen molar-refractivity contribution in [2.45, 2.75) is 26.7 Å². The van der Waals surface area contributed by atoms with Gasteiger partial charge in [0.1, 0.15) is 5.78 Å². The lowest BCUT2D eigenvalue weighted by atomic mass is 9.90. The van der Waals surface area contributed by atoms with E-state index in [1.165, 1.54) is 0 Å². The highest BCUT2D eigenvalue weighted by Gasteiger charge is 2.21. The first-order valence-corrected chi connectivity index (χ1v) is 5.11. The van der Waals surface area contributed by atoms with Crippen LogP contribution in [0.4, 0.5) is 0 Å². The minimum absolute atomic E-state index is 0.00907. The zero-order chi connectivity index (χ0) is 11.8. The van der Waals surface area contributed by atoms with E-state index in [1.54, 1.807) is 12.5 Å². The van der Waals surface area contributed by atoms with Crippen molar-refractivity contribution in [2.75, 3.05) is 13.6 Å². The van der Waals surface area contributed by atoms with Crippen LogP contribution in [0.2, 0.25) is 0 Å². The van der Waals surface area contributed by atoms with Gasteiger partial charge in [-0.25, -0.2) is 5.48 Å². The summed E-state index contributed by atoms with van der Waals surface area (Å²) in [6.45, 7) is 4.25. The van der Waals surface area contributed by atoms with Crippen LogP contribution in [0, 0.1) is 11.8 Å². The molecular weight excluding hydrogens is 196 g/mol. The highest BCUT2D eigenvalue weighted by Crippen LogP contribution is 2.16. The number of carbonyl (C=O) groups excluding carboxylic acids is 2. The van der Waals surface area contributed by atoms with Crippen LogP contribution in [0.5, 0.6) is 0 Å². The topological polar surface area (TPSA) is 78.4 Å². The average Bonchev–Trinajstić information content (AvgIpc) is 2.16. The number of rotatable bonds is 7. The lowest BCUT2D eigenvalue weighted by Gasteiger charge is -2.16. The third kappa shape index (κ3) is 6.19. The smallest absolute Gasteiger partial charge is 0.244 e. The van der Waals surface area contributed by atoms with E-state index < -0.39 is 5.91 Å². The molecule has 0 aromatic heterocycles. The Kier molecular flexibility index (Phi) is 6.90. The maximum Gasteiger partial charge on any atom is 0.244 e. The molecule has 1 atom stereocenters. The maximum atomic E-state index is 11.6. The molecule has 3 N–H and O–H groups in total. The monoisotopic (exact) mass is 216 g/mol. The normalized spacial score (nSPS) is 12.6. The fourth-order valence-electron chi connectivity index (χ4n) is 1.49. The second-order valence-electron chi connectivity index (χ2n) is 4.06. The molecule has 0 radical (unpaired) electrons. The van der Waals surface area contributed by atoms with E-state index in [9.17, 15) is 9.59 Å². The van der Waals surface area contributed by atoms with Gasteiger partial charge in [0, 0.05) is 12.3 Å². The van der Waals surface area contributed by atoms with E-state index in [2.05, 4.69) is 5.32 Å². The number of hydrogen-bond donors (Lipinski definition) is 3. The SMILES string of the molecule is CNCC(=O)C(CC(=O)NO)CC(C)C. The van der Waals surface area contributed by atoms with Gasteiger partial charge in [-0.1, -0.05) is 13.8 Å². The number of likely N-dealkylation sites (N-methyl/N-ethyl adjacent to an activating group) is 1. The molecule has 0 aliphatic rings. The van der Waals surface area contributed by atoms with Crippen molar-refractivity contribution >= 4 is 11.7 Å². The van der Waals surface area contributed by atoms with Crippen molar-refractivity contribution in [3.8, 4) is 0 Å². The zero-order valence-electron chi connectivity index (χ0n) is 9.54. The van der Waals surface area contributed by atoms with Crippen molar-refractivity contribution in [2.24, 2.45) is 11.8 Å². The standard InChI is InChI=1S/C10H20N2O3/c1-7(2)4-8(5-10(14)12-15)9(13)6-11-3/h7-8,11,15H,4-6H2,1-3H3,(H,12,14). The van der Waals surface area contributed by atoms with E-state index in [4.69, 9.17) is 5.21 Å². The molecule has 0 bridgehead atoms. The van der Waals surface area contributed by atoms with Crippen molar-refractivity contribution in [3.05, 3.63) is 0 Å². The molecule has 0 fully saturated rings. The van der Waals surface area contributed by atoms with Gasteiger partial charge < -0.3 is 5.32 Å². The molecule has 0 saturated carbocycles. The minimum atomic E-state index is -0.509. The molecule has 5 heteroatoms. The highest BCUT2D eigenvalue weighted by molar-refractivity contribution is 5.87. The number of amides is 1. The van der Waals surface area contributed by atoms with Crippen molar-refractivity contribution < 1.29 is 14.8 Å². The van der Waals surface area contributed by atoms with Gasteiger partial charge in [0.25, 0.3) is 0 Å². The summed E-state index contributed by atoms with van der Waals surface area (Å²) in [4.78, 5) is 22.6. The Hall–Kier alpha value is -0.940. The first-order valence-electron chi connectivity index (χ1n) is 5.11. The maximum absolute atomic E-state index is 11.6. The van der Waals surface area contributed by atoms with Gasteiger partial charge in [0.2, 0.25) is 5.91 Å². The Morgan fingerprint density at radius 2 is 1.93 bits per heavy atom. The van der Waals surface area contributed by atoms with Crippen molar-refractivity contribution in [1.82, 2.24) is 10.8 Å². The van der Waals surface area contributed by atoms with E-state index >= 15 is 0 Å². The second-order valence-corrected chi connectivity index (χ2v) is 4.06. The number of hydroxylamine groups is 1. The summed E-state index contributed by atoms with van der Waals surface area (Å²) in [5, 5.41) is 11.2. The third-order valence-electron chi connectivity index (χ3n) is 2.12. The van der Waals surface area contributed by atoms with Crippen LogP contribution in [-0.4, -0.2) is 30.5 Å². The van der Waals surface area contributed by atoms with Crippen LogP contribution < -0.4 is 10.8 Å². The second kappa shape index (κ2) is 7.36. The number of ketones is 1. The Balaban J connectivity index is 4.29. The van der Waals surface area contributed by atoms with Crippen LogP contribution in [0.15, 0.2) is 0 Å². The van der Waals surface area contributed by atoms with Gasteiger partial charge in [-0.2, -0.15) is 0 Å². The summed E-state index contributed by atoms with van der Waals surface area (Å²) >= 11 is 0. The van der Waals surface area contributed by atoms with Gasteiger partial charge in [-0.05, 0) is 19.4 Å². The lowest BCUT2D eigenvalue weighted by Crippen LogP contribution is -2.31. The van der Waals surface area contributed by atoms with E-state index in [0.29, 0.717) is 12.3 Å². The van der Waals surface area contributed by atoms with Crippen molar-refractivity contribution in [1.29, 1.82) is 0 Å². The van der Waals surface area contributed by atoms with Gasteiger partial charge in [-0.15, -0.1) is 0 Å². The molecule has 0 aliphatic carbocycles. The Labute approximate surface area is 90.2 Å². The zero-order valence-corrected chi connectivity index (χ0v) is 9.54. The molecule has 1 amide bonds. The molecule has 0 aromatic carbocycles. The molecular formula is C10H20N2O3. The molecule has 15 heavy (non-hydrogen) atoms. The van der Waals surface area contributed by atoms with Crippen LogP contribution in [-0.2, 0) is 9.59 Å². The molecule has 88 valence electrons. The van der Waals surface area contributed by atoms with Crippen LogP contribution in [0.3, 0.4) is 0 Å². The average molecular weight is 216 g/mol. The molecule has 0 spiro atoms. The van der Waals surface area contributed by atoms with Crippen LogP contribution in [0.1, 0.15) is 26.7 Å². The Morgan fingerprint density at radius 1 is 1.33 bits per heavy atom. The van der Waals surface area contributed by atoms with Crippen molar-refractivity contribution in [3.63, 3.8) is 0 Å². The van der Waals surface area contributed by atoms with E-state index in [0.717, 1.165) is 0 Å². The van der Waals surface area contributed by atoms with Crippen LogP contribution in [0.25, 0.3) is 0 Å². The number of hydrogen-bond acceptors (Lipinski definition) is 4. The first kappa shape index (κ1) is 14.1. The first-order chi connectivity index (χ1) is 7.01. The predicted molar refractivity (Wildman–Crippen MR) is 56.4 cm³/mol. The largest absolute Gasteiger partial charge is 0.313 e. The quantitative estimate of drug-likeness (QED) is 0.423. The fourth-order valence-corrected chi connectivity index (χ4v) is 1.49. The molecule has 0 rings (SSSR count). The summed E-state index contributed by atoms with van der Waals surface area (Å²) in [6.07, 6.45) is 0.711. The van der Waals surface area contributed by atoms with E-state index in [1.807, 2.05) is 13.8 Å². The fraction of sp³-hybridized carbons (Fsp3) is 0.800. The lowest BCUT2D eigenvalue weighted by molar-refractivity contribution is -0.134. The number of nitrogens with one attached hydrogen (secondary N) is 2. The Bertz CT molecular complexity index is 217. The molecule has 0 saturated heterocycles. The van der Waals surface area contributed by atoms with Gasteiger partial charge in [0.05, 0.1) is 6.54 Å². The summed E-state index contributed by atoms with van der Waals surface area (Å²) in [6, 6.07) is 0. The summed E-state index contributed by atoms with van der Waals surface area (Å²) in [7, 11) is 1.69. The molecule has 0 heterocycles. The van der Waals surface area contributed by atoms with Gasteiger partial charge in [-0.3, -0.25) is 14.8 Å². The van der Waals surface area contributed by atoms with E-state index in [-0.39, 0.29) is 24.7 Å². The summed E-state index contributed by atoms with van der Waals surface area (Å²) in [5.41, 5.74) is 1.55. The summed E-state index contributed by atoms with van der Waals surface area (Å²) < 4.78 is 0. The molecule has 1 unspecified atom stereocenters. The Morgan fingerprint density at radius 3 is 2.33 bits per heavy atom. The van der Waals surface area contributed by atoms with Gasteiger partial charge >= 0.3 is 0 Å². The molecule has 0 aliphatic heterocycles. The number of carbonyl (C=O) groups is 2. The van der Waals surface area contributed by atoms with Gasteiger partial charge in [0.15, 0.2) is 0 Å². The molecule has 5 nitrogen and oxygen atoms in total. The number of Topliss-reactive ketones (excluding diaryl/α,β-unsaturated/α-hetero) is 1. The predicted octanol–water partition coefficient (Wildman–Crippen LogP) is 0.333. The minimum Gasteiger partial charge on any atom is -0.313 e. The molecule has 0 aromatic rings. The third-order valence-corrected chi connectivity index (χ3v) is 2.12.